The first kappa shape index (κ1) is 32.1. The van der Waals surface area contributed by atoms with Crippen LogP contribution in [0.25, 0.3) is 11.1 Å². The van der Waals surface area contributed by atoms with Crippen molar-refractivity contribution in [1.82, 2.24) is 4.98 Å². The summed E-state index contributed by atoms with van der Waals surface area (Å²) in [4.78, 5) is 46.3. The normalized spacial score (nSPS) is 19.0. The third kappa shape index (κ3) is 6.39. The van der Waals surface area contributed by atoms with E-state index in [4.69, 9.17) is 21.6 Å². The van der Waals surface area contributed by atoms with Crippen LogP contribution < -0.4 is 4.90 Å². The van der Waals surface area contributed by atoms with Gasteiger partial charge in [0.15, 0.2) is 0 Å². The number of carbonyl (C=O) groups is 3. The van der Waals surface area contributed by atoms with Crippen LogP contribution >= 0.6 is 11.6 Å². The van der Waals surface area contributed by atoms with Crippen LogP contribution in [0.2, 0.25) is 0 Å². The maximum absolute atomic E-state index is 14.0. The fourth-order valence-corrected chi connectivity index (χ4v) is 5.53. The summed E-state index contributed by atoms with van der Waals surface area (Å²) in [7, 11) is 0. The third-order valence-electron chi connectivity index (χ3n) is 8.08. The highest BCUT2D eigenvalue weighted by molar-refractivity contribution is 6.49. The fourth-order valence-electron chi connectivity index (χ4n) is 5.19. The molecule has 1 aliphatic carbocycles. The Bertz CT molecular complexity index is 1900. The van der Waals surface area contributed by atoms with Crippen molar-refractivity contribution >= 4 is 34.8 Å². The first-order valence-corrected chi connectivity index (χ1v) is 15.3. The van der Waals surface area contributed by atoms with Crippen molar-refractivity contribution in [1.29, 1.82) is 5.26 Å². The van der Waals surface area contributed by atoms with Gasteiger partial charge in [0.25, 0.3) is 0 Å². The topological polar surface area (TPSA) is 100 Å². The zero-order chi connectivity index (χ0) is 33.0. The average molecular weight is 630 g/mol. The number of Topliss-reactive ketones (excluding diaryl/α,β-unsaturated/α-hetero) is 2. The second-order valence-corrected chi connectivity index (χ2v) is 11.8. The molecule has 2 atom stereocenters. The zero-order valence-electron chi connectivity index (χ0n) is 26.0. The number of nitriles is 1. The van der Waals surface area contributed by atoms with E-state index in [2.05, 4.69) is 31.0 Å². The van der Waals surface area contributed by atoms with Crippen molar-refractivity contribution in [3.63, 3.8) is 0 Å². The first-order chi connectivity index (χ1) is 22.0. The van der Waals surface area contributed by atoms with Gasteiger partial charge in [-0.1, -0.05) is 73.9 Å². The summed E-state index contributed by atoms with van der Waals surface area (Å²) in [5.41, 5.74) is 3.38. The molecule has 0 unspecified atom stereocenters. The maximum atomic E-state index is 14.0. The Hall–Kier alpha value is -5.32. The van der Waals surface area contributed by atoms with Crippen LogP contribution in [0.5, 0.6) is 0 Å². The number of rotatable bonds is 8. The number of esters is 1. The molecule has 3 aromatic rings. The fraction of sp³-hybridized carbons (Fsp3) is 0.184. The molecule has 7 nitrogen and oxygen atoms in total. The third-order valence-corrected chi connectivity index (χ3v) is 8.46. The molecular weight excluding hydrogens is 598 g/mol. The smallest absolute Gasteiger partial charge is 0.339 e. The summed E-state index contributed by atoms with van der Waals surface area (Å²) in [5, 5.41) is 8.95. The van der Waals surface area contributed by atoms with Crippen molar-refractivity contribution in [2.45, 2.75) is 39.7 Å². The van der Waals surface area contributed by atoms with Crippen molar-refractivity contribution < 1.29 is 19.1 Å². The lowest BCUT2D eigenvalue weighted by molar-refractivity contribution is -0.145. The largest absolute Gasteiger partial charge is 0.439 e. The molecule has 2 aliphatic rings. The molecule has 0 radical (unpaired) electrons. The number of fused-ring (bicyclic) bond motifs is 1. The molecule has 0 amide bonds. The molecule has 5 rings (SSSR count). The Morgan fingerprint density at radius 3 is 2.28 bits per heavy atom. The summed E-state index contributed by atoms with van der Waals surface area (Å²) in [6, 6.07) is 20.1. The number of pyridine rings is 1. The minimum absolute atomic E-state index is 0.148. The van der Waals surface area contributed by atoms with Gasteiger partial charge in [-0.2, -0.15) is 5.26 Å². The van der Waals surface area contributed by atoms with Gasteiger partial charge in [0.2, 0.25) is 17.2 Å². The van der Waals surface area contributed by atoms with Crippen LogP contribution in [0.15, 0.2) is 131 Å². The summed E-state index contributed by atoms with van der Waals surface area (Å²) in [6.07, 6.45) is 13.3. The highest BCUT2D eigenvalue weighted by Crippen LogP contribution is 2.41. The number of hydrogen-bond acceptors (Lipinski definition) is 7. The molecule has 1 aliphatic heterocycles. The number of ether oxygens (including phenoxy) is 1. The first-order valence-electron chi connectivity index (χ1n) is 14.9. The molecule has 0 saturated heterocycles. The van der Waals surface area contributed by atoms with Crippen LogP contribution in [-0.2, 0) is 14.3 Å². The van der Waals surface area contributed by atoms with E-state index in [1.54, 1.807) is 24.4 Å². The molecule has 0 spiro atoms. The molecule has 2 heterocycles. The summed E-state index contributed by atoms with van der Waals surface area (Å²) in [5.74, 6) is -1.90. The minimum atomic E-state index is -2.16. The lowest BCUT2D eigenvalue weighted by Gasteiger charge is -2.36. The Labute approximate surface area is 273 Å². The molecule has 0 saturated carbocycles. The highest BCUT2D eigenvalue weighted by Gasteiger charge is 2.52. The number of hydrogen-bond donors (Lipinski definition) is 0. The van der Waals surface area contributed by atoms with Gasteiger partial charge in [0, 0.05) is 41.1 Å². The van der Waals surface area contributed by atoms with Crippen LogP contribution in [0.1, 0.15) is 50.0 Å². The lowest BCUT2D eigenvalue weighted by atomic mass is 9.79. The van der Waals surface area contributed by atoms with E-state index in [0.717, 1.165) is 28.8 Å². The van der Waals surface area contributed by atoms with Crippen molar-refractivity contribution in [3.8, 4) is 17.2 Å². The number of benzene rings is 2. The van der Waals surface area contributed by atoms with Gasteiger partial charge in [-0.3, -0.25) is 14.6 Å². The predicted octanol–water partition coefficient (Wildman–Crippen LogP) is 8.02. The molecular formula is C38H32ClN3O4. The van der Waals surface area contributed by atoms with E-state index in [0.29, 0.717) is 17.2 Å². The van der Waals surface area contributed by atoms with Gasteiger partial charge in [-0.05, 0) is 79.4 Å². The molecule has 0 N–H and O–H groups in total. The minimum Gasteiger partial charge on any atom is -0.439 e. The zero-order valence-corrected chi connectivity index (χ0v) is 26.7. The quantitative estimate of drug-likeness (QED) is 0.141. The Balaban J connectivity index is 1.56. The second-order valence-electron chi connectivity index (χ2n) is 11.4. The molecule has 0 bridgehead atoms. The van der Waals surface area contributed by atoms with E-state index in [-0.39, 0.29) is 21.7 Å². The van der Waals surface area contributed by atoms with Gasteiger partial charge >= 0.3 is 5.97 Å². The highest BCUT2D eigenvalue weighted by atomic mass is 35.5. The lowest BCUT2D eigenvalue weighted by Crippen LogP contribution is -2.52. The maximum Gasteiger partial charge on any atom is 0.339 e. The number of carbonyl (C=O) groups excluding carboxylic acids is 3. The number of ketones is 2. The van der Waals surface area contributed by atoms with Gasteiger partial charge in [0.1, 0.15) is 0 Å². The van der Waals surface area contributed by atoms with E-state index in [1.165, 1.54) is 31.5 Å². The van der Waals surface area contributed by atoms with Gasteiger partial charge in [0.05, 0.1) is 22.2 Å². The number of aromatic nitrogens is 1. The predicted molar refractivity (Wildman–Crippen MR) is 179 cm³/mol. The molecule has 230 valence electrons. The Morgan fingerprint density at radius 2 is 1.67 bits per heavy atom. The summed E-state index contributed by atoms with van der Waals surface area (Å²) < 4.78 is 5.58. The number of halogens is 1. The van der Waals surface area contributed by atoms with Crippen LogP contribution in [0.4, 0.5) is 5.69 Å². The Kier molecular flexibility index (Phi) is 9.31. The molecule has 2 aromatic carbocycles. The molecule has 8 heteroatoms. The monoisotopic (exact) mass is 629 g/mol. The number of allylic oxidation sites excluding steroid dienone is 6. The standard InChI is InChI=1S/C38H32ClN3O4/c1-5-24(2)20-25(3)6-13-31-21-32-33(23-42(31)30-14-11-28(12-15-30)27-9-7-26(22-40)8-10-27)35(43)38(4,36(44)34(32)39)46-37(45)29-16-18-41-19-17-29/h6-21,23-24H,5H2,1-4H3/b13-6+,25-20+/t24-,38+/m0/s1. The SMILES string of the molecule is CC[C@H](C)/C=C(C)/C=C/C1=CC2=C(Cl)C(=O)[C@](C)(OC(=O)c3ccncc3)C(=O)C2=CN1c1ccc(-c2ccc(C#N)cc2)cc1. The van der Waals surface area contributed by atoms with E-state index < -0.39 is 23.1 Å². The van der Waals surface area contributed by atoms with Crippen LogP contribution in [0, 0.1) is 17.2 Å². The van der Waals surface area contributed by atoms with Crippen LogP contribution in [-0.4, -0.2) is 28.1 Å². The number of nitrogens with zero attached hydrogens (tertiary/aromatic N) is 3. The number of anilines is 1. The van der Waals surface area contributed by atoms with E-state index >= 15 is 0 Å². The molecule has 0 fully saturated rings. The van der Waals surface area contributed by atoms with E-state index in [1.807, 2.05) is 60.4 Å². The summed E-state index contributed by atoms with van der Waals surface area (Å²) in [6.45, 7) is 7.57. The second kappa shape index (κ2) is 13.4. The molecule has 1 aromatic heterocycles. The van der Waals surface area contributed by atoms with Crippen molar-refractivity contribution in [2.75, 3.05) is 4.90 Å². The van der Waals surface area contributed by atoms with Gasteiger partial charge in [-0.25, -0.2) is 4.79 Å². The molecule has 46 heavy (non-hydrogen) atoms. The van der Waals surface area contributed by atoms with Crippen molar-refractivity contribution in [3.05, 3.63) is 142 Å². The summed E-state index contributed by atoms with van der Waals surface area (Å²) >= 11 is 6.66. The van der Waals surface area contributed by atoms with Gasteiger partial charge in [-0.15, -0.1) is 0 Å². The van der Waals surface area contributed by atoms with Crippen molar-refractivity contribution in [2.24, 2.45) is 5.92 Å². The van der Waals surface area contributed by atoms with Crippen LogP contribution in [0.3, 0.4) is 0 Å². The Morgan fingerprint density at radius 1 is 1.04 bits per heavy atom. The van der Waals surface area contributed by atoms with E-state index in [9.17, 15) is 14.4 Å². The average Bonchev–Trinajstić information content (AvgIpc) is 3.09. The van der Waals surface area contributed by atoms with Gasteiger partial charge < -0.3 is 9.64 Å².